The second-order valence-electron chi connectivity index (χ2n) is 6.55. The molecule has 1 aliphatic rings. The molecule has 0 aliphatic heterocycles. The molecule has 0 spiro atoms. The van der Waals surface area contributed by atoms with Gasteiger partial charge in [0, 0.05) is 6.20 Å². The van der Waals surface area contributed by atoms with Crippen LogP contribution in [0.2, 0.25) is 0 Å². The minimum absolute atomic E-state index is 0.341. The number of benzene rings is 1. The molecule has 26 heavy (non-hydrogen) atoms. The number of anilines is 1. The number of rotatable bonds is 4. The van der Waals surface area contributed by atoms with Crippen LogP contribution in [-0.4, -0.2) is 29.5 Å². The van der Waals surface area contributed by atoms with Crippen LogP contribution in [0.15, 0.2) is 43.0 Å². The number of hydrogen-bond donors (Lipinski definition) is 1. The van der Waals surface area contributed by atoms with Gasteiger partial charge in [-0.05, 0) is 36.5 Å². The lowest BCUT2D eigenvalue weighted by atomic mass is 10.1. The third-order valence-corrected chi connectivity index (χ3v) is 4.70. The lowest BCUT2D eigenvalue weighted by Crippen LogP contribution is -2.01. The summed E-state index contributed by atoms with van der Waals surface area (Å²) in [5, 5.41) is 9.16. The Labute approximate surface area is 148 Å². The van der Waals surface area contributed by atoms with Gasteiger partial charge in [0.2, 0.25) is 0 Å². The number of para-hydroxylation sites is 1. The Balaban J connectivity index is 1.53. The van der Waals surface area contributed by atoms with Crippen molar-refractivity contribution in [2.75, 3.05) is 5.73 Å². The molecule has 0 bridgehead atoms. The van der Waals surface area contributed by atoms with E-state index in [1.807, 2.05) is 4.57 Å². The number of halogens is 1. The van der Waals surface area contributed by atoms with Crippen LogP contribution in [0.5, 0.6) is 0 Å². The molecule has 130 valence electrons. The van der Waals surface area contributed by atoms with Crippen molar-refractivity contribution in [3.8, 4) is 5.69 Å². The first-order chi connectivity index (χ1) is 12.7. The Morgan fingerprint density at radius 2 is 2.00 bits per heavy atom. The molecule has 1 aromatic carbocycles. The van der Waals surface area contributed by atoms with Gasteiger partial charge in [-0.2, -0.15) is 0 Å². The third kappa shape index (κ3) is 2.42. The van der Waals surface area contributed by atoms with E-state index in [0.717, 1.165) is 23.9 Å². The lowest BCUT2D eigenvalue weighted by Gasteiger charge is -2.02. The van der Waals surface area contributed by atoms with E-state index in [2.05, 4.69) is 26.5 Å². The topological polar surface area (TPSA) is 87.4 Å². The summed E-state index contributed by atoms with van der Waals surface area (Å²) < 4.78 is 17.4. The highest BCUT2D eigenvalue weighted by Gasteiger charge is 2.29. The van der Waals surface area contributed by atoms with Gasteiger partial charge in [0.25, 0.3) is 0 Å². The summed E-state index contributed by atoms with van der Waals surface area (Å²) in [6.45, 7) is 0.480. The number of fused-ring (bicyclic) bond motifs is 1. The number of hydrogen-bond acceptors (Lipinski definition) is 5. The van der Waals surface area contributed by atoms with Crippen molar-refractivity contribution in [2.24, 2.45) is 0 Å². The van der Waals surface area contributed by atoms with Gasteiger partial charge in [-0.1, -0.05) is 17.3 Å². The van der Waals surface area contributed by atoms with Crippen LogP contribution in [0.1, 0.15) is 30.0 Å². The highest BCUT2D eigenvalue weighted by molar-refractivity contribution is 5.90. The van der Waals surface area contributed by atoms with E-state index in [0.29, 0.717) is 29.7 Å². The fourth-order valence-corrected chi connectivity index (χ4v) is 3.30. The largest absolute Gasteiger partial charge is 0.383 e. The van der Waals surface area contributed by atoms with Crippen molar-refractivity contribution in [1.82, 2.24) is 29.5 Å². The minimum atomic E-state index is -0.341. The molecule has 7 nitrogen and oxygen atoms in total. The molecule has 4 aromatic rings. The number of nitrogen functional groups attached to an aromatic ring is 1. The highest BCUT2D eigenvalue weighted by Crippen LogP contribution is 2.44. The quantitative estimate of drug-likeness (QED) is 0.612. The monoisotopic (exact) mass is 349 g/mol. The first kappa shape index (κ1) is 15.0. The zero-order valence-corrected chi connectivity index (χ0v) is 13.9. The molecule has 1 fully saturated rings. The van der Waals surface area contributed by atoms with Crippen LogP contribution in [0.3, 0.4) is 0 Å². The van der Waals surface area contributed by atoms with Gasteiger partial charge in [0.1, 0.15) is 35.0 Å². The maximum Gasteiger partial charge on any atom is 0.148 e. The second kappa shape index (κ2) is 5.62. The third-order valence-electron chi connectivity index (χ3n) is 4.70. The molecular weight excluding hydrogens is 333 g/mol. The van der Waals surface area contributed by atoms with Crippen LogP contribution >= 0.6 is 0 Å². The van der Waals surface area contributed by atoms with E-state index >= 15 is 0 Å². The standard InChI is InChI=1S/C18H16FN7/c19-14-3-1-2-4-15(14)26-8-12(23-24-26)7-25-9-13(11-5-6-11)16-17(20)21-10-22-18(16)25/h1-4,8-11H,5-7H2,(H2,20,21,22). The van der Waals surface area contributed by atoms with E-state index in [1.165, 1.54) is 22.6 Å². The first-order valence-corrected chi connectivity index (χ1v) is 8.46. The summed E-state index contributed by atoms with van der Waals surface area (Å²) in [5.41, 5.74) is 9.16. The summed E-state index contributed by atoms with van der Waals surface area (Å²) >= 11 is 0. The smallest absolute Gasteiger partial charge is 0.148 e. The van der Waals surface area contributed by atoms with Crippen molar-refractivity contribution < 1.29 is 4.39 Å². The molecule has 0 atom stereocenters. The molecule has 0 saturated heterocycles. The zero-order valence-electron chi connectivity index (χ0n) is 13.9. The normalized spacial score (nSPS) is 14.2. The van der Waals surface area contributed by atoms with E-state index in [1.54, 1.807) is 24.4 Å². The van der Waals surface area contributed by atoms with Crippen molar-refractivity contribution in [1.29, 1.82) is 0 Å². The number of aromatic nitrogens is 6. The van der Waals surface area contributed by atoms with Crippen molar-refractivity contribution in [2.45, 2.75) is 25.3 Å². The summed E-state index contributed by atoms with van der Waals surface area (Å²) in [4.78, 5) is 8.54. The fraction of sp³-hybridized carbons (Fsp3) is 0.222. The second-order valence-corrected chi connectivity index (χ2v) is 6.55. The molecule has 0 amide bonds. The Hall–Kier alpha value is -3.29. The van der Waals surface area contributed by atoms with E-state index in [4.69, 9.17) is 5.73 Å². The van der Waals surface area contributed by atoms with Gasteiger partial charge in [0.15, 0.2) is 0 Å². The molecule has 2 N–H and O–H groups in total. The molecule has 5 rings (SSSR count). The predicted octanol–water partition coefficient (Wildman–Crippen LogP) is 2.66. The average Bonchev–Trinajstić information content (AvgIpc) is 3.27. The minimum Gasteiger partial charge on any atom is -0.383 e. The van der Waals surface area contributed by atoms with Gasteiger partial charge >= 0.3 is 0 Å². The zero-order chi connectivity index (χ0) is 17.7. The van der Waals surface area contributed by atoms with E-state index in [9.17, 15) is 4.39 Å². The fourth-order valence-electron chi connectivity index (χ4n) is 3.30. The molecule has 1 saturated carbocycles. The van der Waals surface area contributed by atoms with Crippen LogP contribution < -0.4 is 5.73 Å². The van der Waals surface area contributed by atoms with Crippen molar-refractivity contribution >= 4 is 16.9 Å². The predicted molar refractivity (Wildman–Crippen MR) is 94.3 cm³/mol. The van der Waals surface area contributed by atoms with Crippen LogP contribution in [0.25, 0.3) is 16.7 Å². The maximum atomic E-state index is 13.9. The lowest BCUT2D eigenvalue weighted by molar-refractivity contribution is 0.607. The number of nitrogens with two attached hydrogens (primary N) is 1. The van der Waals surface area contributed by atoms with Crippen LogP contribution in [0, 0.1) is 5.82 Å². The molecule has 1 aliphatic carbocycles. The summed E-state index contributed by atoms with van der Waals surface area (Å²) in [6, 6.07) is 6.47. The van der Waals surface area contributed by atoms with Gasteiger partial charge < -0.3 is 10.3 Å². The van der Waals surface area contributed by atoms with Gasteiger partial charge in [-0.15, -0.1) is 5.10 Å². The molecule has 8 heteroatoms. The Morgan fingerprint density at radius 1 is 1.15 bits per heavy atom. The Kier molecular flexibility index (Phi) is 3.24. The van der Waals surface area contributed by atoms with Crippen LogP contribution in [0.4, 0.5) is 10.2 Å². The molecule has 0 unspecified atom stereocenters. The van der Waals surface area contributed by atoms with Crippen LogP contribution in [-0.2, 0) is 6.54 Å². The van der Waals surface area contributed by atoms with Gasteiger partial charge in [0.05, 0.1) is 18.1 Å². The van der Waals surface area contributed by atoms with E-state index in [-0.39, 0.29) is 5.82 Å². The SMILES string of the molecule is Nc1ncnc2c1c(C1CC1)cn2Cc1cn(-c2ccccc2F)nn1. The summed E-state index contributed by atoms with van der Waals surface area (Å²) in [6.07, 6.45) is 7.61. The molecule has 3 aromatic heterocycles. The maximum absolute atomic E-state index is 13.9. The molecule has 0 radical (unpaired) electrons. The Morgan fingerprint density at radius 3 is 2.81 bits per heavy atom. The Bertz CT molecular complexity index is 1110. The summed E-state index contributed by atoms with van der Waals surface area (Å²) in [5.74, 6) is 0.693. The number of nitrogens with zero attached hydrogens (tertiary/aromatic N) is 6. The summed E-state index contributed by atoms with van der Waals surface area (Å²) in [7, 11) is 0. The first-order valence-electron chi connectivity index (χ1n) is 8.46. The molecular formula is C18H16FN7. The van der Waals surface area contributed by atoms with Crippen molar-refractivity contribution in [3.05, 3.63) is 60.1 Å². The van der Waals surface area contributed by atoms with Gasteiger partial charge in [-0.25, -0.2) is 19.0 Å². The van der Waals surface area contributed by atoms with E-state index < -0.39 is 0 Å². The average molecular weight is 349 g/mol. The van der Waals surface area contributed by atoms with Crippen molar-refractivity contribution in [3.63, 3.8) is 0 Å². The highest BCUT2D eigenvalue weighted by atomic mass is 19.1. The molecule has 3 heterocycles. The van der Waals surface area contributed by atoms with Gasteiger partial charge in [-0.3, -0.25) is 0 Å².